The minimum Gasteiger partial charge on any atom is -0.461 e. The molecule has 1 aliphatic heterocycles. The van der Waals surface area contributed by atoms with Crippen molar-refractivity contribution in [3.05, 3.63) is 35.9 Å². The van der Waals surface area contributed by atoms with E-state index in [1.54, 1.807) is 21.1 Å². The second kappa shape index (κ2) is 12.0. The maximum Gasteiger partial charge on any atom is 0.308 e. The van der Waals surface area contributed by atoms with Crippen LogP contribution in [0.5, 0.6) is 0 Å². The molecule has 8 heteroatoms. The third kappa shape index (κ3) is 6.77. The Balaban J connectivity index is 1.82. The molecule has 1 fully saturated rings. The lowest BCUT2D eigenvalue weighted by Crippen LogP contribution is -2.59. The molecule has 8 nitrogen and oxygen atoms in total. The number of rotatable bonds is 10. The molecule has 0 N–H and O–H groups in total. The van der Waals surface area contributed by atoms with Crippen molar-refractivity contribution in [3.8, 4) is 0 Å². The van der Waals surface area contributed by atoms with E-state index in [-0.39, 0.29) is 43.5 Å². The fourth-order valence-corrected chi connectivity index (χ4v) is 3.53. The van der Waals surface area contributed by atoms with Gasteiger partial charge in [0.05, 0.1) is 6.10 Å². The lowest BCUT2D eigenvalue weighted by Gasteiger charge is -2.43. The van der Waals surface area contributed by atoms with Gasteiger partial charge in [-0.25, -0.2) is 0 Å². The van der Waals surface area contributed by atoms with Crippen molar-refractivity contribution in [1.82, 2.24) is 0 Å². The highest BCUT2D eigenvalue weighted by Gasteiger charge is 2.47. The van der Waals surface area contributed by atoms with Gasteiger partial charge in [-0.1, -0.05) is 37.3 Å². The molecule has 0 aliphatic carbocycles. The molecule has 0 saturated carbocycles. The zero-order valence-electron chi connectivity index (χ0n) is 18.2. The minimum atomic E-state index is -0.925. The van der Waals surface area contributed by atoms with Crippen LogP contribution in [0.15, 0.2) is 30.3 Å². The Kier molecular flexibility index (Phi) is 9.71. The molecule has 2 rings (SSSR count). The molecular weight excluding hydrogens is 392 g/mol. The third-order valence-corrected chi connectivity index (χ3v) is 5.06. The Labute approximate surface area is 177 Å². The molecule has 30 heavy (non-hydrogen) atoms. The number of hydrogen-bond donors (Lipinski definition) is 0. The topological polar surface area (TPSA) is 89.5 Å². The maximum atomic E-state index is 12.4. The van der Waals surface area contributed by atoms with Crippen LogP contribution in [0.2, 0.25) is 0 Å². The lowest BCUT2D eigenvalue weighted by atomic mass is 9.99. The van der Waals surface area contributed by atoms with Gasteiger partial charge in [0.1, 0.15) is 24.9 Å². The zero-order chi connectivity index (χ0) is 22.1. The molecule has 1 aliphatic rings. The highest BCUT2D eigenvalue weighted by Crippen LogP contribution is 2.28. The van der Waals surface area contributed by atoms with Crippen LogP contribution in [0.1, 0.15) is 32.3 Å². The van der Waals surface area contributed by atoms with Gasteiger partial charge < -0.3 is 28.4 Å². The van der Waals surface area contributed by atoms with Crippen LogP contribution >= 0.6 is 0 Å². The molecule has 1 aromatic carbocycles. The van der Waals surface area contributed by atoms with Gasteiger partial charge in [-0.2, -0.15) is 0 Å². The molecule has 1 saturated heterocycles. The summed E-state index contributed by atoms with van der Waals surface area (Å²) in [5, 5.41) is 0. The van der Waals surface area contributed by atoms with Gasteiger partial charge in [0, 0.05) is 34.2 Å². The van der Waals surface area contributed by atoms with Gasteiger partial charge in [0.15, 0.2) is 0 Å². The Morgan fingerprint density at radius 3 is 2.13 bits per heavy atom. The van der Waals surface area contributed by atoms with Crippen molar-refractivity contribution >= 4 is 11.9 Å². The van der Waals surface area contributed by atoms with Crippen molar-refractivity contribution in [1.29, 1.82) is 0 Å². The number of carbonyl (C=O) groups is 2. The highest BCUT2D eigenvalue weighted by molar-refractivity contribution is 5.73. The average Bonchev–Trinajstić information content (AvgIpc) is 2.72. The molecule has 0 amide bonds. The maximum absolute atomic E-state index is 12.4. The van der Waals surface area contributed by atoms with E-state index >= 15 is 0 Å². The number of methoxy groups -OCH3 is 3. The van der Waals surface area contributed by atoms with Gasteiger partial charge in [-0.05, 0) is 18.4 Å². The Bertz CT molecular complexity index is 664. The van der Waals surface area contributed by atoms with Crippen LogP contribution in [0, 0.1) is 5.92 Å². The SMILES string of the molecule is CO[C@@H]1[C@@H](OC)[C@H](C)O[C@@H](OC(=O)C[C@@H](C)CC(=O)OCc2ccccc2)[C@@H]1OC. The van der Waals surface area contributed by atoms with Gasteiger partial charge in [-0.15, -0.1) is 0 Å². The summed E-state index contributed by atoms with van der Waals surface area (Å²) in [7, 11) is 4.60. The van der Waals surface area contributed by atoms with E-state index in [9.17, 15) is 9.59 Å². The molecule has 0 radical (unpaired) electrons. The molecule has 1 aromatic rings. The lowest BCUT2D eigenvalue weighted by molar-refractivity contribution is -0.297. The summed E-state index contributed by atoms with van der Waals surface area (Å²) in [5.41, 5.74) is 0.911. The number of ether oxygens (including phenoxy) is 6. The highest BCUT2D eigenvalue weighted by atomic mass is 16.7. The molecule has 0 aromatic heterocycles. The molecule has 0 bridgehead atoms. The third-order valence-electron chi connectivity index (χ3n) is 5.06. The first kappa shape index (κ1) is 24.3. The number of esters is 2. The van der Waals surface area contributed by atoms with Crippen LogP contribution in [0.3, 0.4) is 0 Å². The van der Waals surface area contributed by atoms with Gasteiger partial charge >= 0.3 is 11.9 Å². The van der Waals surface area contributed by atoms with E-state index in [2.05, 4.69) is 0 Å². The van der Waals surface area contributed by atoms with Crippen molar-refractivity contribution in [2.24, 2.45) is 5.92 Å². The normalized spacial score (nSPS) is 27.3. The second-order valence-electron chi connectivity index (χ2n) is 7.46. The predicted molar refractivity (Wildman–Crippen MR) is 107 cm³/mol. The van der Waals surface area contributed by atoms with Crippen molar-refractivity contribution in [2.45, 2.75) is 64.0 Å². The van der Waals surface area contributed by atoms with Crippen LogP contribution in [-0.2, 0) is 44.6 Å². The summed E-state index contributed by atoms with van der Waals surface area (Å²) < 4.78 is 32.9. The minimum absolute atomic E-state index is 0.0521. The van der Waals surface area contributed by atoms with Crippen LogP contribution < -0.4 is 0 Å². The van der Waals surface area contributed by atoms with Gasteiger partial charge in [0.25, 0.3) is 0 Å². The fraction of sp³-hybridized carbons (Fsp3) is 0.636. The summed E-state index contributed by atoms with van der Waals surface area (Å²) in [6.07, 6.45) is -2.55. The summed E-state index contributed by atoms with van der Waals surface area (Å²) in [6, 6.07) is 9.42. The van der Waals surface area contributed by atoms with Crippen molar-refractivity contribution in [2.75, 3.05) is 21.3 Å². The molecule has 0 unspecified atom stereocenters. The Morgan fingerprint density at radius 2 is 1.53 bits per heavy atom. The van der Waals surface area contributed by atoms with Crippen molar-refractivity contribution in [3.63, 3.8) is 0 Å². The van der Waals surface area contributed by atoms with Gasteiger partial charge in [-0.3, -0.25) is 9.59 Å². The monoisotopic (exact) mass is 424 g/mol. The first-order valence-electron chi connectivity index (χ1n) is 10.0. The summed E-state index contributed by atoms with van der Waals surface area (Å²) >= 11 is 0. The molecule has 168 valence electrons. The number of hydrogen-bond acceptors (Lipinski definition) is 8. The molecule has 6 atom stereocenters. The first-order chi connectivity index (χ1) is 14.4. The van der Waals surface area contributed by atoms with E-state index in [0.717, 1.165) is 5.56 Å². The standard InChI is InChI=1S/C22H32O8/c1-14(11-17(23)28-13-16-9-7-6-8-10-16)12-18(24)30-22-21(27-5)20(26-4)19(25-3)15(2)29-22/h6-10,14-15,19-22H,11-13H2,1-5H3/t14-,15-,19-,20+,21+,22-/m0/s1. The number of carbonyl (C=O) groups excluding carboxylic acids is 2. The van der Waals surface area contributed by atoms with Crippen LogP contribution in [0.4, 0.5) is 0 Å². The second-order valence-corrected chi connectivity index (χ2v) is 7.46. The largest absolute Gasteiger partial charge is 0.461 e. The summed E-state index contributed by atoms with van der Waals surface area (Å²) in [4.78, 5) is 24.5. The fourth-order valence-electron chi connectivity index (χ4n) is 3.53. The van der Waals surface area contributed by atoms with E-state index in [1.807, 2.05) is 37.3 Å². The smallest absolute Gasteiger partial charge is 0.308 e. The van der Waals surface area contributed by atoms with Gasteiger partial charge in [0.2, 0.25) is 6.29 Å². The summed E-state index contributed by atoms with van der Waals surface area (Å²) in [6.45, 7) is 3.82. The quantitative estimate of drug-likeness (QED) is 0.529. The van der Waals surface area contributed by atoms with E-state index in [4.69, 9.17) is 28.4 Å². The Hall–Kier alpha value is -2.00. The molecule has 0 spiro atoms. The zero-order valence-corrected chi connectivity index (χ0v) is 18.2. The molecule has 1 heterocycles. The average molecular weight is 424 g/mol. The van der Waals surface area contributed by atoms with E-state index < -0.39 is 24.5 Å². The van der Waals surface area contributed by atoms with Crippen LogP contribution in [-0.4, -0.2) is 64.0 Å². The summed E-state index contributed by atoms with van der Waals surface area (Å²) in [5.74, 6) is -1.09. The number of benzene rings is 1. The van der Waals surface area contributed by atoms with Crippen LogP contribution in [0.25, 0.3) is 0 Å². The van der Waals surface area contributed by atoms with Crippen molar-refractivity contribution < 1.29 is 38.0 Å². The molecular formula is C22H32O8. The van der Waals surface area contributed by atoms with E-state index in [1.165, 1.54) is 7.11 Å². The Morgan fingerprint density at radius 1 is 0.933 bits per heavy atom. The first-order valence-corrected chi connectivity index (χ1v) is 10.0. The predicted octanol–water partition coefficient (Wildman–Crippen LogP) is 2.48. The van der Waals surface area contributed by atoms with E-state index in [0.29, 0.717) is 0 Å².